The first-order chi connectivity index (χ1) is 14.9. The average Bonchev–Trinajstić information content (AvgIpc) is 3.17. The van der Waals surface area contributed by atoms with Crippen molar-refractivity contribution in [2.75, 3.05) is 12.4 Å². The number of benzene rings is 3. The minimum Gasteiger partial charge on any atom is -0.495 e. The van der Waals surface area contributed by atoms with Crippen molar-refractivity contribution in [3.05, 3.63) is 80.8 Å². The van der Waals surface area contributed by atoms with Crippen molar-refractivity contribution in [1.82, 2.24) is 4.98 Å². The van der Waals surface area contributed by atoms with Crippen LogP contribution in [0.5, 0.6) is 5.75 Å². The van der Waals surface area contributed by atoms with Crippen LogP contribution in [0.15, 0.2) is 65.1 Å². The van der Waals surface area contributed by atoms with Gasteiger partial charge in [-0.05, 0) is 48.5 Å². The topological polar surface area (TPSA) is 51.2 Å². The molecule has 0 bridgehead atoms. The van der Waals surface area contributed by atoms with Crippen LogP contribution in [-0.4, -0.2) is 18.0 Å². The summed E-state index contributed by atoms with van der Waals surface area (Å²) in [4.78, 5) is 17.4. The summed E-state index contributed by atoms with van der Waals surface area (Å²) in [5, 5.41) is 4.59. The van der Waals surface area contributed by atoms with Gasteiger partial charge in [0.15, 0.2) is 0 Å². The lowest BCUT2D eigenvalue weighted by Crippen LogP contribution is -2.08. The van der Waals surface area contributed by atoms with E-state index in [9.17, 15) is 4.79 Å². The third-order valence-electron chi connectivity index (χ3n) is 4.42. The molecule has 1 aromatic heterocycles. The molecule has 0 saturated carbocycles. The van der Waals surface area contributed by atoms with Crippen LogP contribution in [0.4, 0.5) is 5.69 Å². The van der Waals surface area contributed by atoms with Crippen LogP contribution in [0.25, 0.3) is 26.9 Å². The summed E-state index contributed by atoms with van der Waals surface area (Å²) in [6.45, 7) is 0. The van der Waals surface area contributed by atoms with Crippen molar-refractivity contribution >= 4 is 78.4 Å². The highest BCUT2D eigenvalue weighted by molar-refractivity contribution is 9.10. The first-order valence-electron chi connectivity index (χ1n) is 9.12. The third-order valence-corrected chi connectivity index (χ3v) is 6.48. The number of para-hydroxylation sites is 1. The summed E-state index contributed by atoms with van der Waals surface area (Å²) < 4.78 is 7.29. The number of rotatable bonds is 5. The van der Waals surface area contributed by atoms with Crippen molar-refractivity contribution in [1.29, 1.82) is 0 Å². The fourth-order valence-electron chi connectivity index (χ4n) is 3.05. The van der Waals surface area contributed by atoms with E-state index >= 15 is 0 Å². The monoisotopic (exact) mass is 532 g/mol. The number of halogens is 3. The van der Waals surface area contributed by atoms with E-state index in [1.165, 1.54) is 13.2 Å². The van der Waals surface area contributed by atoms with Crippen LogP contribution >= 0.6 is 50.5 Å². The molecule has 1 N–H and O–H groups in total. The molecule has 0 atom stereocenters. The van der Waals surface area contributed by atoms with Gasteiger partial charge in [-0.25, -0.2) is 4.98 Å². The number of hydrogen-bond acceptors (Lipinski definition) is 4. The molecule has 4 nitrogen and oxygen atoms in total. The van der Waals surface area contributed by atoms with E-state index in [0.29, 0.717) is 27.0 Å². The van der Waals surface area contributed by atoms with Gasteiger partial charge in [0.05, 0.1) is 28.0 Å². The molecule has 156 valence electrons. The number of carbonyl (C=O) groups is 1. The van der Waals surface area contributed by atoms with Crippen LogP contribution < -0.4 is 10.1 Å². The zero-order chi connectivity index (χ0) is 22.0. The first kappa shape index (κ1) is 21.8. The molecule has 0 saturated heterocycles. The highest BCUT2D eigenvalue weighted by Gasteiger charge is 2.13. The number of carbonyl (C=O) groups excluding carboxylic acids is 1. The SMILES string of the molecule is COc1c(Cl)cc(Cl)cc1C=CC(=O)Nc1ccc(Br)cc1-c1nc2ccccc2s1. The predicted molar refractivity (Wildman–Crippen MR) is 133 cm³/mol. The highest BCUT2D eigenvalue weighted by atomic mass is 79.9. The Morgan fingerprint density at radius 1 is 1.16 bits per heavy atom. The lowest BCUT2D eigenvalue weighted by atomic mass is 10.1. The van der Waals surface area contributed by atoms with Gasteiger partial charge in [-0.1, -0.05) is 51.3 Å². The van der Waals surface area contributed by atoms with Gasteiger partial charge in [0.1, 0.15) is 10.8 Å². The van der Waals surface area contributed by atoms with E-state index in [0.717, 1.165) is 25.3 Å². The highest BCUT2D eigenvalue weighted by Crippen LogP contribution is 2.36. The Kier molecular flexibility index (Phi) is 6.62. The smallest absolute Gasteiger partial charge is 0.248 e. The van der Waals surface area contributed by atoms with E-state index in [4.69, 9.17) is 32.9 Å². The maximum atomic E-state index is 12.7. The number of nitrogens with one attached hydrogen (secondary N) is 1. The minimum atomic E-state index is -0.303. The van der Waals surface area contributed by atoms with E-state index < -0.39 is 0 Å². The third kappa shape index (κ3) is 4.93. The van der Waals surface area contributed by atoms with Gasteiger partial charge in [-0.2, -0.15) is 0 Å². The Labute approximate surface area is 201 Å². The van der Waals surface area contributed by atoms with Crippen LogP contribution in [0, 0.1) is 0 Å². The van der Waals surface area contributed by atoms with Gasteiger partial charge < -0.3 is 10.1 Å². The first-order valence-corrected chi connectivity index (χ1v) is 11.5. The summed E-state index contributed by atoms with van der Waals surface area (Å²) in [7, 11) is 1.51. The lowest BCUT2D eigenvalue weighted by Gasteiger charge is -2.09. The summed E-state index contributed by atoms with van der Waals surface area (Å²) >= 11 is 17.3. The second-order valence-electron chi connectivity index (χ2n) is 6.51. The number of thiazole rings is 1. The predicted octanol–water partition coefficient (Wildman–Crippen LogP) is 7.69. The fourth-order valence-corrected chi connectivity index (χ4v) is 4.99. The van der Waals surface area contributed by atoms with Crippen LogP contribution in [0.1, 0.15) is 5.56 Å². The zero-order valence-corrected chi connectivity index (χ0v) is 20.1. The molecule has 1 amide bonds. The van der Waals surface area contributed by atoms with Crippen LogP contribution in [0.2, 0.25) is 10.0 Å². The number of anilines is 1. The molecule has 0 radical (unpaired) electrons. The van der Waals surface area contributed by atoms with Crippen LogP contribution in [0.3, 0.4) is 0 Å². The number of fused-ring (bicyclic) bond motifs is 1. The van der Waals surface area contributed by atoms with Crippen molar-refractivity contribution in [3.8, 4) is 16.3 Å². The molecule has 8 heteroatoms. The molecule has 4 rings (SSSR count). The Morgan fingerprint density at radius 3 is 2.74 bits per heavy atom. The van der Waals surface area contributed by atoms with Gasteiger partial charge in [-0.3, -0.25) is 4.79 Å². The van der Waals surface area contributed by atoms with E-state index in [-0.39, 0.29) is 5.91 Å². The van der Waals surface area contributed by atoms with Gasteiger partial charge in [-0.15, -0.1) is 11.3 Å². The van der Waals surface area contributed by atoms with Crippen molar-refractivity contribution in [2.45, 2.75) is 0 Å². The Balaban J connectivity index is 1.63. The normalized spacial score (nSPS) is 11.2. The van der Waals surface area contributed by atoms with Crippen molar-refractivity contribution in [2.24, 2.45) is 0 Å². The number of ether oxygens (including phenoxy) is 1. The zero-order valence-electron chi connectivity index (χ0n) is 16.2. The molecule has 0 fully saturated rings. The van der Waals surface area contributed by atoms with Crippen molar-refractivity contribution < 1.29 is 9.53 Å². The second kappa shape index (κ2) is 9.40. The number of amides is 1. The molecule has 0 aliphatic rings. The lowest BCUT2D eigenvalue weighted by molar-refractivity contribution is -0.111. The van der Waals surface area contributed by atoms with E-state index in [2.05, 4.69) is 21.2 Å². The standard InChI is InChI=1S/C23H15BrCl2N2O2S/c1-30-22-13(10-15(25)12-17(22)26)6-9-21(29)27-18-8-7-14(24)11-16(18)23-28-19-4-2-3-5-20(19)31-23/h2-12H,1H3,(H,27,29). The second-order valence-corrected chi connectivity index (χ2v) is 9.30. The fraction of sp³-hybridized carbons (Fsp3) is 0.0435. The largest absolute Gasteiger partial charge is 0.495 e. The number of nitrogens with zero attached hydrogens (tertiary/aromatic N) is 1. The number of methoxy groups -OCH3 is 1. The molecule has 31 heavy (non-hydrogen) atoms. The molecular formula is C23H15BrCl2N2O2S. The summed E-state index contributed by atoms with van der Waals surface area (Å²) in [6.07, 6.45) is 3.02. The summed E-state index contributed by atoms with van der Waals surface area (Å²) in [5.74, 6) is 0.150. The molecule has 4 aromatic rings. The van der Waals surface area contributed by atoms with Gasteiger partial charge in [0.25, 0.3) is 0 Å². The molecule has 0 aliphatic carbocycles. The van der Waals surface area contributed by atoms with E-state index in [1.54, 1.807) is 29.5 Å². The molecule has 0 unspecified atom stereocenters. The van der Waals surface area contributed by atoms with Crippen molar-refractivity contribution in [3.63, 3.8) is 0 Å². The Hall–Kier alpha value is -2.38. The molecule has 0 aliphatic heterocycles. The van der Waals surface area contributed by atoms with E-state index in [1.807, 2.05) is 42.5 Å². The molecular weight excluding hydrogens is 519 g/mol. The Morgan fingerprint density at radius 2 is 1.97 bits per heavy atom. The number of aromatic nitrogens is 1. The maximum Gasteiger partial charge on any atom is 0.248 e. The Bertz CT molecular complexity index is 1290. The number of hydrogen-bond donors (Lipinski definition) is 1. The molecule has 3 aromatic carbocycles. The minimum absolute atomic E-state index is 0.303. The summed E-state index contributed by atoms with van der Waals surface area (Å²) in [5.41, 5.74) is 3.02. The van der Waals surface area contributed by atoms with Gasteiger partial charge in [0, 0.05) is 26.7 Å². The molecule has 0 spiro atoms. The summed E-state index contributed by atoms with van der Waals surface area (Å²) in [6, 6.07) is 16.9. The van der Waals surface area contributed by atoms with Gasteiger partial charge >= 0.3 is 0 Å². The maximum absolute atomic E-state index is 12.7. The average molecular weight is 534 g/mol. The quantitative estimate of drug-likeness (QED) is 0.267. The van der Waals surface area contributed by atoms with Crippen LogP contribution in [-0.2, 0) is 4.79 Å². The molecule has 1 heterocycles. The van der Waals surface area contributed by atoms with Gasteiger partial charge in [0.2, 0.25) is 5.91 Å².